The predicted octanol–water partition coefficient (Wildman–Crippen LogP) is 1.65. The summed E-state index contributed by atoms with van der Waals surface area (Å²) in [5.41, 5.74) is 1.48. The molecule has 1 aromatic carbocycles. The number of hydrogen-bond donors (Lipinski definition) is 1. The third-order valence-electron chi connectivity index (χ3n) is 3.58. The quantitative estimate of drug-likeness (QED) is 0.920. The van der Waals surface area contributed by atoms with Crippen LogP contribution in [0.15, 0.2) is 24.3 Å². The first-order valence-electron chi connectivity index (χ1n) is 7.11. The van der Waals surface area contributed by atoms with E-state index in [2.05, 4.69) is 5.32 Å². The monoisotopic (exact) mass is 308 g/mol. The summed E-state index contributed by atoms with van der Waals surface area (Å²) in [6, 6.07) is 8.82. The van der Waals surface area contributed by atoms with Gasteiger partial charge in [0.1, 0.15) is 0 Å². The molecule has 2 rings (SSSR count). The third kappa shape index (κ3) is 4.67. The molecule has 118 valence electrons. The third-order valence-corrected chi connectivity index (χ3v) is 3.58. The molecule has 0 radical (unpaired) electrons. The number of rotatable bonds is 4. The molecule has 0 aromatic heterocycles. The Labute approximate surface area is 128 Å². The van der Waals surface area contributed by atoms with Crippen LogP contribution in [0.3, 0.4) is 0 Å². The lowest BCUT2D eigenvalue weighted by molar-refractivity contribution is 0.0636. The molecule has 0 saturated carbocycles. The van der Waals surface area contributed by atoms with Crippen molar-refractivity contribution in [3.05, 3.63) is 35.4 Å². The number of halogens is 2. The van der Waals surface area contributed by atoms with Gasteiger partial charge in [-0.3, -0.25) is 4.90 Å². The molecule has 1 aromatic rings. The zero-order valence-corrected chi connectivity index (χ0v) is 12.1. The fourth-order valence-electron chi connectivity index (χ4n) is 2.32. The van der Waals surface area contributed by atoms with E-state index < -0.39 is 6.43 Å². The van der Waals surface area contributed by atoms with Gasteiger partial charge < -0.3 is 10.2 Å². The number of alkyl halides is 2. The van der Waals surface area contributed by atoms with E-state index in [0.717, 1.165) is 5.56 Å². The second-order valence-corrected chi connectivity index (χ2v) is 5.15. The second-order valence-electron chi connectivity index (χ2n) is 5.15. The number of urea groups is 1. The molecule has 2 amide bonds. The highest BCUT2D eigenvalue weighted by atomic mass is 19.3. The van der Waals surface area contributed by atoms with E-state index in [0.29, 0.717) is 38.3 Å². The molecule has 0 bridgehead atoms. The molecule has 1 aliphatic heterocycles. The van der Waals surface area contributed by atoms with E-state index in [9.17, 15) is 13.6 Å². The first-order valence-corrected chi connectivity index (χ1v) is 7.11. The first kappa shape index (κ1) is 16.2. The van der Waals surface area contributed by atoms with E-state index in [1.54, 1.807) is 34.1 Å². The molecule has 0 unspecified atom stereocenters. The molecule has 0 spiro atoms. The largest absolute Gasteiger partial charge is 0.334 e. The van der Waals surface area contributed by atoms with Gasteiger partial charge in [-0.05, 0) is 17.7 Å². The molecule has 1 saturated heterocycles. The minimum atomic E-state index is -2.34. The van der Waals surface area contributed by atoms with Crippen molar-refractivity contribution in [2.24, 2.45) is 0 Å². The van der Waals surface area contributed by atoms with Gasteiger partial charge in [0.05, 0.1) is 18.2 Å². The van der Waals surface area contributed by atoms with Crippen LogP contribution in [-0.4, -0.2) is 55.0 Å². The Kier molecular flexibility index (Phi) is 5.67. The standard InChI is InChI=1S/C15H18F2N4O/c16-14(17)11-20-5-7-21(8-6-20)15(22)19-10-13-3-1-12(9-18)2-4-13/h1-4,14H,5-8,10-11H2,(H,19,22). The molecule has 1 aliphatic rings. The second kappa shape index (κ2) is 7.71. The van der Waals surface area contributed by atoms with Gasteiger partial charge >= 0.3 is 6.03 Å². The van der Waals surface area contributed by atoms with Crippen LogP contribution in [0, 0.1) is 11.3 Å². The van der Waals surface area contributed by atoms with Crippen molar-refractivity contribution in [3.63, 3.8) is 0 Å². The lowest BCUT2D eigenvalue weighted by Crippen LogP contribution is -2.52. The van der Waals surface area contributed by atoms with Crippen molar-refractivity contribution in [1.82, 2.24) is 15.1 Å². The minimum absolute atomic E-state index is 0.193. The van der Waals surface area contributed by atoms with Crippen molar-refractivity contribution < 1.29 is 13.6 Å². The maximum absolute atomic E-state index is 12.3. The highest BCUT2D eigenvalue weighted by molar-refractivity contribution is 5.74. The normalized spacial score (nSPS) is 15.6. The zero-order chi connectivity index (χ0) is 15.9. The summed E-state index contributed by atoms with van der Waals surface area (Å²) in [5, 5.41) is 11.5. The summed E-state index contributed by atoms with van der Waals surface area (Å²) < 4.78 is 24.6. The Bertz CT molecular complexity index is 533. The first-order chi connectivity index (χ1) is 10.6. The lowest BCUT2D eigenvalue weighted by atomic mass is 10.1. The molecule has 0 aliphatic carbocycles. The molecular formula is C15H18F2N4O. The van der Waals surface area contributed by atoms with Crippen LogP contribution in [0.1, 0.15) is 11.1 Å². The average Bonchev–Trinajstić information content (AvgIpc) is 2.53. The van der Waals surface area contributed by atoms with Crippen LogP contribution in [0.2, 0.25) is 0 Å². The van der Waals surface area contributed by atoms with Gasteiger partial charge in [-0.2, -0.15) is 5.26 Å². The summed E-state index contributed by atoms with van der Waals surface area (Å²) in [5.74, 6) is 0. The summed E-state index contributed by atoms with van der Waals surface area (Å²) in [6.07, 6.45) is -2.34. The Morgan fingerprint density at radius 2 is 1.86 bits per heavy atom. The highest BCUT2D eigenvalue weighted by Gasteiger charge is 2.22. The predicted molar refractivity (Wildman–Crippen MR) is 77.4 cm³/mol. The molecule has 22 heavy (non-hydrogen) atoms. The van der Waals surface area contributed by atoms with E-state index in [4.69, 9.17) is 5.26 Å². The fourth-order valence-corrected chi connectivity index (χ4v) is 2.32. The summed E-state index contributed by atoms with van der Waals surface area (Å²) in [7, 11) is 0. The van der Waals surface area contributed by atoms with Crippen LogP contribution in [0.25, 0.3) is 0 Å². The maximum atomic E-state index is 12.3. The topological polar surface area (TPSA) is 59.4 Å². The van der Waals surface area contributed by atoms with Crippen LogP contribution in [-0.2, 0) is 6.54 Å². The number of nitrogens with zero attached hydrogens (tertiary/aromatic N) is 3. The van der Waals surface area contributed by atoms with Crippen molar-refractivity contribution >= 4 is 6.03 Å². The highest BCUT2D eigenvalue weighted by Crippen LogP contribution is 2.06. The maximum Gasteiger partial charge on any atom is 0.317 e. The number of amides is 2. The lowest BCUT2D eigenvalue weighted by Gasteiger charge is -2.34. The van der Waals surface area contributed by atoms with Crippen LogP contribution in [0.4, 0.5) is 13.6 Å². The minimum Gasteiger partial charge on any atom is -0.334 e. The van der Waals surface area contributed by atoms with Crippen LogP contribution < -0.4 is 5.32 Å². The molecule has 1 heterocycles. The van der Waals surface area contributed by atoms with Gasteiger partial charge in [-0.25, -0.2) is 13.6 Å². The summed E-state index contributed by atoms with van der Waals surface area (Å²) >= 11 is 0. The van der Waals surface area contributed by atoms with Gasteiger partial charge in [0.25, 0.3) is 6.43 Å². The SMILES string of the molecule is N#Cc1ccc(CNC(=O)N2CCN(CC(F)F)CC2)cc1. The van der Waals surface area contributed by atoms with E-state index in [1.807, 2.05) is 6.07 Å². The number of carbonyl (C=O) groups excluding carboxylic acids is 1. The smallest absolute Gasteiger partial charge is 0.317 e. The van der Waals surface area contributed by atoms with Gasteiger partial charge in [0, 0.05) is 32.7 Å². The van der Waals surface area contributed by atoms with Gasteiger partial charge in [0.2, 0.25) is 0 Å². The molecule has 0 atom stereocenters. The van der Waals surface area contributed by atoms with E-state index in [1.165, 1.54) is 0 Å². The number of nitriles is 1. The van der Waals surface area contributed by atoms with Gasteiger partial charge in [0.15, 0.2) is 0 Å². The number of piperazine rings is 1. The van der Waals surface area contributed by atoms with Crippen molar-refractivity contribution in [2.45, 2.75) is 13.0 Å². The fraction of sp³-hybridized carbons (Fsp3) is 0.467. The summed E-state index contributed by atoms with van der Waals surface area (Å²) in [6.45, 7) is 1.98. The number of carbonyl (C=O) groups is 1. The van der Waals surface area contributed by atoms with Gasteiger partial charge in [-0.15, -0.1) is 0 Å². The Balaban J connectivity index is 1.75. The average molecular weight is 308 g/mol. The Morgan fingerprint density at radius 1 is 1.23 bits per heavy atom. The van der Waals surface area contributed by atoms with Crippen molar-refractivity contribution in [1.29, 1.82) is 5.26 Å². The van der Waals surface area contributed by atoms with E-state index >= 15 is 0 Å². The van der Waals surface area contributed by atoms with E-state index in [-0.39, 0.29) is 12.6 Å². The summed E-state index contributed by atoms with van der Waals surface area (Å²) in [4.78, 5) is 15.3. The van der Waals surface area contributed by atoms with Gasteiger partial charge in [-0.1, -0.05) is 12.1 Å². The number of hydrogen-bond acceptors (Lipinski definition) is 3. The van der Waals surface area contributed by atoms with Crippen LogP contribution >= 0.6 is 0 Å². The molecule has 5 nitrogen and oxygen atoms in total. The molecule has 1 N–H and O–H groups in total. The molecule has 7 heteroatoms. The Hall–Kier alpha value is -2.20. The van der Waals surface area contributed by atoms with Crippen LogP contribution in [0.5, 0.6) is 0 Å². The molecular weight excluding hydrogens is 290 g/mol. The number of nitrogens with one attached hydrogen (secondary N) is 1. The van der Waals surface area contributed by atoms with Crippen molar-refractivity contribution in [3.8, 4) is 6.07 Å². The number of benzene rings is 1. The zero-order valence-electron chi connectivity index (χ0n) is 12.1. The van der Waals surface area contributed by atoms with Crippen molar-refractivity contribution in [2.75, 3.05) is 32.7 Å². The Morgan fingerprint density at radius 3 is 2.41 bits per heavy atom. The molecule has 1 fully saturated rings.